The number of hydrogen-bond donors (Lipinski definition) is 3. The zero-order valence-electron chi connectivity index (χ0n) is 22.5. The third-order valence-corrected chi connectivity index (χ3v) is 6.90. The first kappa shape index (κ1) is 28.4. The van der Waals surface area contributed by atoms with Crippen molar-refractivity contribution in [1.82, 2.24) is 29.5 Å². The zero-order chi connectivity index (χ0) is 28.1. The topological polar surface area (TPSA) is 135 Å². The molecule has 2 atom stereocenters. The summed E-state index contributed by atoms with van der Waals surface area (Å²) in [5.41, 5.74) is 7.63. The molecule has 0 aliphatic carbocycles. The molecule has 4 N–H and O–H groups in total. The molecular weight excluding hydrogens is 510 g/mol. The van der Waals surface area contributed by atoms with E-state index in [-0.39, 0.29) is 48.4 Å². The van der Waals surface area contributed by atoms with Gasteiger partial charge in [0.1, 0.15) is 16.8 Å². The largest absolute Gasteiger partial charge is 0.434 e. The third-order valence-electron chi connectivity index (χ3n) is 6.90. The molecule has 0 unspecified atom stereocenters. The van der Waals surface area contributed by atoms with E-state index in [1.165, 1.54) is 12.3 Å². The Morgan fingerprint density at radius 1 is 1.28 bits per heavy atom. The summed E-state index contributed by atoms with van der Waals surface area (Å²) >= 11 is 0. The van der Waals surface area contributed by atoms with Gasteiger partial charge in [-0.2, -0.15) is 18.9 Å². The number of likely N-dealkylation sites (N-methyl/N-ethyl adjacent to an activating group) is 1. The van der Waals surface area contributed by atoms with Crippen LogP contribution in [0.25, 0.3) is 11.0 Å². The molecule has 0 saturated carbocycles. The molecule has 212 valence electrons. The fourth-order valence-electron chi connectivity index (χ4n) is 5.02. The Labute approximate surface area is 225 Å². The summed E-state index contributed by atoms with van der Waals surface area (Å²) in [6.07, 6.45) is 3.74. The van der Waals surface area contributed by atoms with E-state index in [1.807, 2.05) is 20.9 Å². The highest BCUT2D eigenvalue weighted by molar-refractivity contribution is 5.95. The predicted molar refractivity (Wildman–Crippen MR) is 144 cm³/mol. The molecule has 13 heteroatoms. The highest BCUT2D eigenvalue weighted by atomic mass is 19.3. The first-order chi connectivity index (χ1) is 18.7. The Morgan fingerprint density at radius 3 is 2.77 bits per heavy atom. The van der Waals surface area contributed by atoms with E-state index < -0.39 is 6.61 Å². The summed E-state index contributed by atoms with van der Waals surface area (Å²) < 4.78 is 33.3. The number of fused-ring (bicyclic) bond motifs is 1. The van der Waals surface area contributed by atoms with Crippen molar-refractivity contribution in [3.63, 3.8) is 0 Å². The Kier molecular flexibility index (Phi) is 9.12. The number of aromatic nitrogens is 4. The van der Waals surface area contributed by atoms with Gasteiger partial charge in [-0.05, 0) is 38.9 Å². The van der Waals surface area contributed by atoms with Gasteiger partial charge < -0.3 is 30.7 Å². The van der Waals surface area contributed by atoms with Crippen molar-refractivity contribution >= 4 is 28.7 Å². The van der Waals surface area contributed by atoms with Gasteiger partial charge in [0.15, 0.2) is 5.82 Å². The number of alkyl halides is 2. The maximum Gasteiger partial charge on any atom is 0.387 e. The van der Waals surface area contributed by atoms with Crippen LogP contribution in [0.15, 0.2) is 24.4 Å². The van der Waals surface area contributed by atoms with Crippen LogP contribution in [0, 0.1) is 0 Å². The number of amides is 1. The molecule has 0 bridgehead atoms. The van der Waals surface area contributed by atoms with E-state index in [0.717, 1.165) is 25.9 Å². The van der Waals surface area contributed by atoms with Gasteiger partial charge in [-0.3, -0.25) is 9.48 Å². The fourth-order valence-corrected chi connectivity index (χ4v) is 5.02. The van der Waals surface area contributed by atoms with Crippen LogP contribution in [0.1, 0.15) is 49.0 Å². The monoisotopic (exact) mass is 546 g/mol. The van der Waals surface area contributed by atoms with Crippen molar-refractivity contribution in [3.8, 4) is 5.75 Å². The van der Waals surface area contributed by atoms with Gasteiger partial charge in [0.2, 0.25) is 5.95 Å². The summed E-state index contributed by atoms with van der Waals surface area (Å²) in [5, 5.41) is 17.2. The summed E-state index contributed by atoms with van der Waals surface area (Å²) in [4.78, 5) is 25.8. The Bertz CT molecular complexity index is 1280. The lowest BCUT2D eigenvalue weighted by Crippen LogP contribution is -2.52. The summed E-state index contributed by atoms with van der Waals surface area (Å²) in [7, 11) is 2.00. The van der Waals surface area contributed by atoms with Crippen molar-refractivity contribution in [2.24, 2.45) is 0 Å². The molecule has 2 aromatic heterocycles. The molecule has 1 aliphatic heterocycles. The Hall–Kier alpha value is -3.58. The normalized spacial score (nSPS) is 17.1. The average Bonchev–Trinajstić information content (AvgIpc) is 3.27. The van der Waals surface area contributed by atoms with E-state index in [4.69, 9.17) is 10.5 Å². The van der Waals surface area contributed by atoms with Crippen LogP contribution in [-0.2, 0) is 6.54 Å². The molecule has 3 aromatic rings. The molecule has 4 rings (SSSR count). The van der Waals surface area contributed by atoms with Crippen LogP contribution in [0.3, 0.4) is 0 Å². The molecule has 0 radical (unpaired) electrons. The number of anilines is 2. The number of carbonyl (C=O) groups is 1. The number of aliphatic hydroxyl groups excluding tert-OH is 1. The molecule has 39 heavy (non-hydrogen) atoms. The maximum absolute atomic E-state index is 13.4. The standard InChI is InChI=1S/C26H36F2N8O3/c1-4-5-19(8-11-37)31-23-22-20(32-26(29)33-23)13-30-36(22)15-18-7-6-17(12-21(18)39-25(27)28)24(38)35-10-9-34(3)14-16(35)2/h6-7,12-13,16,19,25,37H,4-5,8-11,14-15H2,1-3H3,(H3,29,31,32,33)/t16-,19+/m1/s1. The second kappa shape index (κ2) is 12.5. The summed E-state index contributed by atoms with van der Waals surface area (Å²) in [6, 6.07) is 4.54. The molecule has 1 aromatic carbocycles. The second-order valence-corrected chi connectivity index (χ2v) is 9.92. The van der Waals surface area contributed by atoms with E-state index in [2.05, 4.69) is 25.3 Å². The number of nitrogens with two attached hydrogens (primary N) is 1. The maximum atomic E-state index is 13.4. The summed E-state index contributed by atoms with van der Waals surface area (Å²) in [5.74, 6) is 0.170. The van der Waals surface area contributed by atoms with E-state index >= 15 is 0 Å². The Balaban J connectivity index is 1.66. The minimum atomic E-state index is -3.07. The number of benzene rings is 1. The first-order valence-corrected chi connectivity index (χ1v) is 13.1. The van der Waals surface area contributed by atoms with Crippen LogP contribution >= 0.6 is 0 Å². The molecule has 1 amide bonds. The predicted octanol–water partition coefficient (Wildman–Crippen LogP) is 2.80. The van der Waals surface area contributed by atoms with Gasteiger partial charge in [0, 0.05) is 49.5 Å². The Morgan fingerprint density at radius 2 is 2.08 bits per heavy atom. The highest BCUT2D eigenvalue weighted by Crippen LogP contribution is 2.28. The van der Waals surface area contributed by atoms with Crippen molar-refractivity contribution in [2.75, 3.05) is 44.3 Å². The van der Waals surface area contributed by atoms with Gasteiger partial charge >= 0.3 is 6.61 Å². The number of piperazine rings is 1. The smallest absolute Gasteiger partial charge is 0.387 e. The number of nitrogen functional groups attached to an aromatic ring is 1. The van der Waals surface area contributed by atoms with Crippen LogP contribution < -0.4 is 15.8 Å². The lowest BCUT2D eigenvalue weighted by molar-refractivity contribution is -0.0505. The molecular formula is C26H36F2N8O3. The van der Waals surface area contributed by atoms with Gasteiger partial charge in [0.05, 0.1) is 12.7 Å². The molecule has 1 aliphatic rings. The van der Waals surface area contributed by atoms with Gasteiger partial charge in [0.25, 0.3) is 5.91 Å². The van der Waals surface area contributed by atoms with Gasteiger partial charge in [-0.25, -0.2) is 4.98 Å². The SMILES string of the molecule is CCC[C@@H](CCO)Nc1nc(N)nc2cnn(Cc3ccc(C(=O)N4CCN(C)C[C@H]4C)cc3OC(F)F)c12. The fraction of sp³-hybridized carbons (Fsp3) is 0.538. The lowest BCUT2D eigenvalue weighted by Gasteiger charge is -2.38. The van der Waals surface area contributed by atoms with Crippen molar-refractivity contribution in [3.05, 3.63) is 35.5 Å². The molecule has 3 heterocycles. The minimum Gasteiger partial charge on any atom is -0.434 e. The van der Waals surface area contributed by atoms with Crippen LogP contribution in [0.4, 0.5) is 20.5 Å². The molecule has 1 saturated heterocycles. The number of aliphatic hydroxyl groups is 1. The van der Waals surface area contributed by atoms with Crippen molar-refractivity contribution in [2.45, 2.75) is 58.3 Å². The third kappa shape index (κ3) is 6.71. The minimum absolute atomic E-state index is 0.00688. The lowest BCUT2D eigenvalue weighted by atomic mass is 10.1. The van der Waals surface area contributed by atoms with Crippen LogP contribution in [-0.4, -0.2) is 92.5 Å². The molecule has 1 fully saturated rings. The quantitative estimate of drug-likeness (QED) is 0.332. The van der Waals surface area contributed by atoms with E-state index in [0.29, 0.717) is 35.4 Å². The van der Waals surface area contributed by atoms with Gasteiger partial charge in [-0.15, -0.1) is 0 Å². The van der Waals surface area contributed by atoms with Gasteiger partial charge in [-0.1, -0.05) is 19.4 Å². The number of nitrogens with zero attached hydrogens (tertiary/aromatic N) is 6. The zero-order valence-corrected chi connectivity index (χ0v) is 22.5. The number of hydrogen-bond acceptors (Lipinski definition) is 9. The summed E-state index contributed by atoms with van der Waals surface area (Å²) in [6.45, 7) is 3.03. The van der Waals surface area contributed by atoms with E-state index in [9.17, 15) is 18.7 Å². The highest BCUT2D eigenvalue weighted by Gasteiger charge is 2.27. The molecule has 11 nitrogen and oxygen atoms in total. The molecule has 0 spiro atoms. The average molecular weight is 547 g/mol. The second-order valence-electron chi connectivity index (χ2n) is 9.92. The number of rotatable bonds is 11. The number of ether oxygens (including phenoxy) is 1. The van der Waals surface area contributed by atoms with Crippen molar-refractivity contribution < 1.29 is 23.4 Å². The number of nitrogens with one attached hydrogen (secondary N) is 1. The van der Waals surface area contributed by atoms with E-state index in [1.54, 1.807) is 21.7 Å². The number of carbonyl (C=O) groups excluding carboxylic acids is 1. The van der Waals surface area contributed by atoms with Crippen LogP contribution in [0.5, 0.6) is 5.75 Å². The van der Waals surface area contributed by atoms with Crippen LogP contribution in [0.2, 0.25) is 0 Å². The number of halogens is 2. The van der Waals surface area contributed by atoms with Crippen molar-refractivity contribution in [1.29, 1.82) is 0 Å². The first-order valence-electron chi connectivity index (χ1n) is 13.1.